The van der Waals surface area contributed by atoms with E-state index in [1.54, 1.807) is 30.2 Å². The summed E-state index contributed by atoms with van der Waals surface area (Å²) in [7, 11) is 1.60. The number of nitrogens with one attached hydrogen (secondary N) is 2. The zero-order valence-corrected chi connectivity index (χ0v) is 25.7. The molecule has 4 aromatic rings. The van der Waals surface area contributed by atoms with Gasteiger partial charge in [-0.3, -0.25) is 0 Å². The molecular weight excluding hydrogens is 605 g/mol. The third-order valence-electron chi connectivity index (χ3n) is 7.67. The SMILES string of the molecule is CNC(=O)Nc1ccc(N2CCN(c3ccc(OCC4COC(Cn5cncn5)(c5ccc(Cl)cc5Cl)O4)cc3)CC2)cc1. The van der Waals surface area contributed by atoms with E-state index in [1.165, 1.54) is 6.33 Å². The summed E-state index contributed by atoms with van der Waals surface area (Å²) in [4.78, 5) is 20.3. The molecular formula is C31H33Cl2N7O4. The number of anilines is 3. The lowest BCUT2D eigenvalue weighted by molar-refractivity contribution is -0.190. The van der Waals surface area contributed by atoms with Gasteiger partial charge in [-0.25, -0.2) is 14.5 Å². The number of nitrogens with zero attached hydrogens (tertiary/aromatic N) is 5. The number of carbonyl (C=O) groups excluding carboxylic acids is 1. The maximum absolute atomic E-state index is 11.5. The van der Waals surface area contributed by atoms with Crippen molar-refractivity contribution in [2.75, 3.05) is 61.6 Å². The molecule has 230 valence electrons. The molecule has 2 amide bonds. The maximum Gasteiger partial charge on any atom is 0.318 e. The normalized spacial score (nSPS) is 20.0. The molecule has 2 aliphatic heterocycles. The van der Waals surface area contributed by atoms with Gasteiger partial charge in [0.05, 0.1) is 11.6 Å². The first-order valence-corrected chi connectivity index (χ1v) is 15.1. The maximum atomic E-state index is 11.5. The summed E-state index contributed by atoms with van der Waals surface area (Å²) < 4.78 is 20.4. The molecule has 3 heterocycles. The number of carbonyl (C=O) groups is 1. The van der Waals surface area contributed by atoms with Crippen LogP contribution in [0.15, 0.2) is 79.4 Å². The molecule has 2 saturated heterocycles. The van der Waals surface area contributed by atoms with E-state index in [9.17, 15) is 4.79 Å². The zero-order valence-electron chi connectivity index (χ0n) is 24.2. The van der Waals surface area contributed by atoms with E-state index >= 15 is 0 Å². The van der Waals surface area contributed by atoms with Crippen LogP contribution in [0.3, 0.4) is 0 Å². The Balaban J connectivity index is 1.02. The fourth-order valence-electron chi connectivity index (χ4n) is 5.40. The van der Waals surface area contributed by atoms with Gasteiger partial charge in [-0.1, -0.05) is 29.3 Å². The third kappa shape index (κ3) is 6.86. The Morgan fingerprint density at radius 1 is 1.00 bits per heavy atom. The van der Waals surface area contributed by atoms with E-state index in [4.69, 9.17) is 37.4 Å². The molecule has 2 atom stereocenters. The summed E-state index contributed by atoms with van der Waals surface area (Å²) in [5, 5.41) is 10.5. The molecule has 0 saturated carbocycles. The number of hydrogen-bond acceptors (Lipinski definition) is 8. The van der Waals surface area contributed by atoms with Crippen LogP contribution >= 0.6 is 23.2 Å². The molecule has 2 unspecified atom stereocenters. The molecule has 3 aromatic carbocycles. The lowest BCUT2D eigenvalue weighted by Crippen LogP contribution is -2.46. The van der Waals surface area contributed by atoms with Gasteiger partial charge in [-0.05, 0) is 60.7 Å². The molecule has 0 bridgehead atoms. The second-order valence-electron chi connectivity index (χ2n) is 10.6. The van der Waals surface area contributed by atoms with Gasteiger partial charge < -0.3 is 34.6 Å². The number of amides is 2. The van der Waals surface area contributed by atoms with Crippen molar-refractivity contribution in [1.29, 1.82) is 0 Å². The summed E-state index contributed by atoms with van der Waals surface area (Å²) >= 11 is 12.7. The average Bonchev–Trinajstić information content (AvgIpc) is 3.71. The van der Waals surface area contributed by atoms with Gasteiger partial charge in [0.2, 0.25) is 5.79 Å². The standard InChI is InChI=1S/C31H33Cl2N7O4/c1-34-30(41)37-23-3-5-24(6-4-23)38-12-14-39(15-13-38)25-7-9-26(10-8-25)42-17-27-18-43-31(44-27,19-40-21-35-20-36-40)28-11-2-22(32)16-29(28)33/h2-11,16,20-21,27H,12-15,17-19H2,1H3,(H2,34,37,41). The van der Waals surface area contributed by atoms with Crippen molar-refractivity contribution in [3.8, 4) is 5.75 Å². The molecule has 2 fully saturated rings. The Labute approximate surface area is 265 Å². The van der Waals surface area contributed by atoms with Gasteiger partial charge in [0.25, 0.3) is 0 Å². The number of aromatic nitrogens is 3. The Bertz CT molecular complexity index is 1550. The van der Waals surface area contributed by atoms with Crippen molar-refractivity contribution in [1.82, 2.24) is 20.1 Å². The predicted molar refractivity (Wildman–Crippen MR) is 170 cm³/mol. The minimum Gasteiger partial charge on any atom is -0.491 e. The highest BCUT2D eigenvalue weighted by Gasteiger charge is 2.45. The number of halogens is 2. The fraction of sp³-hybridized carbons (Fsp3) is 0.323. The first kappa shape index (κ1) is 30.0. The molecule has 6 rings (SSSR count). The van der Waals surface area contributed by atoms with Gasteiger partial charge in [0.15, 0.2) is 0 Å². The van der Waals surface area contributed by atoms with Gasteiger partial charge in [-0.2, -0.15) is 5.10 Å². The summed E-state index contributed by atoms with van der Waals surface area (Å²) in [6.07, 6.45) is 2.74. The lowest BCUT2D eigenvalue weighted by atomic mass is 10.1. The van der Waals surface area contributed by atoms with Crippen molar-refractivity contribution < 1.29 is 19.0 Å². The van der Waals surface area contributed by atoms with Gasteiger partial charge in [0.1, 0.15) is 37.7 Å². The molecule has 13 heteroatoms. The van der Waals surface area contributed by atoms with E-state index in [0.29, 0.717) is 28.8 Å². The van der Waals surface area contributed by atoms with E-state index in [0.717, 1.165) is 49.0 Å². The monoisotopic (exact) mass is 637 g/mol. The van der Waals surface area contributed by atoms with Crippen LogP contribution in [0.5, 0.6) is 5.75 Å². The first-order valence-electron chi connectivity index (χ1n) is 14.3. The second kappa shape index (κ2) is 13.3. The summed E-state index contributed by atoms with van der Waals surface area (Å²) in [5.41, 5.74) is 3.71. The number of piperazine rings is 1. The number of hydrogen-bond donors (Lipinski definition) is 2. The van der Waals surface area contributed by atoms with Crippen molar-refractivity contribution in [3.05, 3.63) is 95.0 Å². The third-order valence-corrected chi connectivity index (χ3v) is 8.22. The number of rotatable bonds is 9. The Hall–Kier alpha value is -4.03. The zero-order chi connectivity index (χ0) is 30.5. The van der Waals surface area contributed by atoms with Crippen molar-refractivity contribution >= 4 is 46.3 Å². The number of benzene rings is 3. The topological polar surface area (TPSA) is 106 Å². The van der Waals surface area contributed by atoms with Crippen LogP contribution < -0.4 is 25.2 Å². The summed E-state index contributed by atoms with van der Waals surface area (Å²) in [6.45, 7) is 4.48. The molecule has 0 spiro atoms. The largest absolute Gasteiger partial charge is 0.491 e. The van der Waals surface area contributed by atoms with Crippen molar-refractivity contribution in [2.45, 2.75) is 18.4 Å². The van der Waals surface area contributed by atoms with Crippen LogP contribution in [0.4, 0.5) is 21.9 Å². The quantitative estimate of drug-likeness (QED) is 0.264. The van der Waals surface area contributed by atoms with E-state index in [2.05, 4.69) is 42.6 Å². The van der Waals surface area contributed by atoms with E-state index in [1.807, 2.05) is 42.5 Å². The summed E-state index contributed by atoms with van der Waals surface area (Å²) in [5.74, 6) is -0.403. The van der Waals surface area contributed by atoms with E-state index < -0.39 is 5.79 Å². The van der Waals surface area contributed by atoms with Crippen LogP contribution in [0.1, 0.15) is 5.56 Å². The second-order valence-corrected chi connectivity index (χ2v) is 11.4. The minimum atomic E-state index is -1.15. The molecule has 1 aromatic heterocycles. The predicted octanol–water partition coefficient (Wildman–Crippen LogP) is 5.01. The molecule has 0 radical (unpaired) electrons. The molecule has 2 aliphatic rings. The Morgan fingerprint density at radius 2 is 1.68 bits per heavy atom. The summed E-state index contributed by atoms with van der Waals surface area (Å²) in [6, 6.07) is 21.0. The highest BCUT2D eigenvalue weighted by atomic mass is 35.5. The highest BCUT2D eigenvalue weighted by molar-refractivity contribution is 6.35. The lowest BCUT2D eigenvalue weighted by Gasteiger charge is -2.37. The van der Waals surface area contributed by atoms with Crippen LogP contribution in [0.25, 0.3) is 0 Å². The van der Waals surface area contributed by atoms with E-state index in [-0.39, 0.29) is 18.7 Å². The van der Waals surface area contributed by atoms with Crippen molar-refractivity contribution in [3.63, 3.8) is 0 Å². The minimum absolute atomic E-state index is 0.232. The van der Waals surface area contributed by atoms with Crippen molar-refractivity contribution in [2.24, 2.45) is 0 Å². The Morgan fingerprint density at radius 3 is 2.30 bits per heavy atom. The van der Waals surface area contributed by atoms with Crippen LogP contribution in [0, 0.1) is 0 Å². The smallest absolute Gasteiger partial charge is 0.318 e. The average molecular weight is 639 g/mol. The highest BCUT2D eigenvalue weighted by Crippen LogP contribution is 2.40. The fourth-order valence-corrected chi connectivity index (χ4v) is 5.95. The van der Waals surface area contributed by atoms with Crippen LogP contribution in [-0.2, 0) is 21.8 Å². The molecule has 11 nitrogen and oxygen atoms in total. The number of urea groups is 1. The van der Waals surface area contributed by atoms with Gasteiger partial charge in [0, 0.05) is 60.9 Å². The van der Waals surface area contributed by atoms with Gasteiger partial charge >= 0.3 is 6.03 Å². The van der Waals surface area contributed by atoms with Crippen LogP contribution in [-0.4, -0.2) is 73.3 Å². The van der Waals surface area contributed by atoms with Crippen LogP contribution in [0.2, 0.25) is 10.0 Å². The first-order chi connectivity index (χ1) is 21.4. The van der Waals surface area contributed by atoms with Gasteiger partial charge in [-0.15, -0.1) is 0 Å². The Kier molecular flexibility index (Phi) is 9.08. The molecule has 2 N–H and O–H groups in total. The molecule has 44 heavy (non-hydrogen) atoms. The molecule has 0 aliphatic carbocycles. The number of ether oxygens (including phenoxy) is 3.